The van der Waals surface area contributed by atoms with Crippen molar-refractivity contribution < 1.29 is 46.3 Å². The minimum absolute atomic E-state index is 0. The summed E-state index contributed by atoms with van der Waals surface area (Å²) in [6.07, 6.45) is 1.09. The zero-order chi connectivity index (χ0) is 25.8. The van der Waals surface area contributed by atoms with E-state index in [2.05, 4.69) is 94.5 Å². The first kappa shape index (κ1) is 37.2. The summed E-state index contributed by atoms with van der Waals surface area (Å²) in [6, 6.07) is 0. The summed E-state index contributed by atoms with van der Waals surface area (Å²) in [5, 5.41) is 23.3. The molecular formula is C26H44O4S2Zr-2. The fourth-order valence-corrected chi connectivity index (χ4v) is 3.65. The van der Waals surface area contributed by atoms with E-state index in [0.717, 1.165) is 0 Å². The summed E-state index contributed by atoms with van der Waals surface area (Å²) < 4.78 is 0. The Bertz CT molecular complexity index is 727. The van der Waals surface area contributed by atoms with Gasteiger partial charge in [0, 0.05) is 32.0 Å². The van der Waals surface area contributed by atoms with Gasteiger partial charge in [-0.1, -0.05) is 82.1 Å². The largest absolute Gasteiger partial charge is 0.481 e. The van der Waals surface area contributed by atoms with Crippen molar-refractivity contribution in [1.29, 1.82) is 0 Å². The van der Waals surface area contributed by atoms with Crippen LogP contribution in [0.25, 0.3) is 0 Å². The maximum atomic E-state index is 9.29. The van der Waals surface area contributed by atoms with Crippen LogP contribution in [0, 0.1) is 55.4 Å². The average molecular weight is 576 g/mol. The zero-order valence-corrected chi connectivity index (χ0v) is 26.3. The van der Waals surface area contributed by atoms with E-state index in [-0.39, 0.29) is 37.7 Å². The number of hydrogen-bond donors (Lipinski definition) is 5. The molecule has 0 fully saturated rings. The van der Waals surface area contributed by atoms with Gasteiger partial charge < -0.3 is 15.3 Å². The molecule has 2 aromatic rings. The van der Waals surface area contributed by atoms with E-state index in [1.54, 1.807) is 11.1 Å². The van der Waals surface area contributed by atoms with E-state index in [1.165, 1.54) is 57.3 Å². The van der Waals surface area contributed by atoms with Crippen molar-refractivity contribution in [3.8, 4) is 0 Å². The number of aliphatic hydroxyl groups is 2. The Kier molecular flexibility index (Phi) is 21.4. The monoisotopic (exact) mass is 574 g/mol. The van der Waals surface area contributed by atoms with Crippen molar-refractivity contribution in [1.82, 2.24) is 0 Å². The molecule has 7 heteroatoms. The Morgan fingerprint density at radius 2 is 0.909 bits per heavy atom. The molecule has 2 rings (SSSR count). The Morgan fingerprint density at radius 3 is 0.970 bits per heavy atom. The van der Waals surface area contributed by atoms with E-state index in [4.69, 9.17) is 15.3 Å². The predicted octanol–water partition coefficient (Wildman–Crippen LogP) is 5.63. The Balaban J connectivity index is -0.000000386. The summed E-state index contributed by atoms with van der Waals surface area (Å²) in [7, 11) is 0. The molecule has 2 aromatic carbocycles. The fraction of sp³-hybridized carbons (Fsp3) is 0.577. The number of carbonyl (C=O) groups is 1. The van der Waals surface area contributed by atoms with Crippen molar-refractivity contribution >= 4 is 31.2 Å². The van der Waals surface area contributed by atoms with Crippen LogP contribution >= 0.6 is 25.3 Å². The summed E-state index contributed by atoms with van der Waals surface area (Å²) in [5.74, 6) is -0.853. The first-order chi connectivity index (χ1) is 14.7. The Hall–Kier alpha value is -0.327. The van der Waals surface area contributed by atoms with E-state index < -0.39 is 12.3 Å². The molecule has 0 aliphatic carbocycles. The van der Waals surface area contributed by atoms with Gasteiger partial charge in [-0.25, -0.2) is 0 Å². The molecule has 0 radical (unpaired) electrons. The number of aliphatic carboxylic acids is 1. The molecule has 0 atom stereocenters. The average Bonchev–Trinajstić information content (AvgIpc) is 3.07. The Labute approximate surface area is 231 Å². The topological polar surface area (TPSA) is 77.8 Å². The molecule has 0 saturated heterocycles. The molecule has 0 aliphatic heterocycles. The van der Waals surface area contributed by atoms with Crippen LogP contribution in [0.15, 0.2) is 0 Å². The van der Waals surface area contributed by atoms with Crippen molar-refractivity contribution in [2.45, 2.75) is 88.4 Å². The number of carboxylic acids is 1. The molecule has 0 unspecified atom stereocenters. The molecule has 0 heterocycles. The zero-order valence-electron chi connectivity index (χ0n) is 22.1. The summed E-state index contributed by atoms with van der Waals surface area (Å²) in [4.78, 5) is 9.29. The fourth-order valence-electron chi connectivity index (χ4n) is 3.65. The maximum absolute atomic E-state index is 9.29. The normalized spacial score (nSPS) is 9.67. The number of rotatable bonds is 4. The van der Waals surface area contributed by atoms with Gasteiger partial charge in [0.05, 0.1) is 5.75 Å². The predicted molar refractivity (Wildman–Crippen MR) is 144 cm³/mol. The Morgan fingerprint density at radius 1 is 0.727 bits per heavy atom. The molecule has 0 bridgehead atoms. The van der Waals surface area contributed by atoms with E-state index in [9.17, 15) is 4.79 Å². The number of hydrogen-bond acceptors (Lipinski definition) is 5. The second-order valence-electron chi connectivity index (χ2n) is 7.88. The molecule has 0 amide bonds. The van der Waals surface area contributed by atoms with Gasteiger partial charge in [0.15, 0.2) is 6.29 Å². The van der Waals surface area contributed by atoms with Crippen molar-refractivity contribution in [2.75, 3.05) is 11.5 Å². The minimum atomic E-state index is -1.25. The summed E-state index contributed by atoms with van der Waals surface area (Å²) >= 11 is 6.93. The third-order valence-electron chi connectivity index (χ3n) is 6.19. The maximum Gasteiger partial charge on any atom is 0.313 e. The van der Waals surface area contributed by atoms with Crippen molar-refractivity contribution in [2.24, 2.45) is 0 Å². The minimum Gasteiger partial charge on any atom is -0.481 e. The van der Waals surface area contributed by atoms with Crippen LogP contribution in [0.4, 0.5) is 0 Å². The molecule has 0 aliphatic rings. The van der Waals surface area contributed by atoms with Crippen molar-refractivity contribution in [3.05, 3.63) is 55.6 Å². The van der Waals surface area contributed by atoms with Crippen LogP contribution in [0.5, 0.6) is 0 Å². The summed E-state index contributed by atoms with van der Waals surface area (Å²) in [6.45, 7) is 22.3. The van der Waals surface area contributed by atoms with E-state index >= 15 is 0 Å². The third-order valence-corrected chi connectivity index (χ3v) is 6.79. The van der Waals surface area contributed by atoms with Crippen LogP contribution in [0.3, 0.4) is 0 Å². The molecular weight excluding hydrogens is 532 g/mol. The molecule has 3 N–H and O–H groups in total. The summed E-state index contributed by atoms with van der Waals surface area (Å²) in [5.41, 5.74) is 15.1. The van der Waals surface area contributed by atoms with Gasteiger partial charge in [0.25, 0.3) is 0 Å². The van der Waals surface area contributed by atoms with Crippen LogP contribution in [0.1, 0.15) is 69.5 Å². The van der Waals surface area contributed by atoms with Crippen LogP contribution in [-0.4, -0.2) is 39.1 Å². The van der Waals surface area contributed by atoms with E-state index in [1.807, 2.05) is 0 Å². The SMILES string of the molecule is CC[c-]1c(C)c(C)c(C)c1C.CC[c-]1c(C)c(C)c(C)c1C.O=C(O)CS.OC(O)CS.[Zr]. The van der Waals surface area contributed by atoms with Gasteiger partial charge >= 0.3 is 5.97 Å². The van der Waals surface area contributed by atoms with Crippen molar-refractivity contribution in [3.63, 3.8) is 0 Å². The smallest absolute Gasteiger partial charge is 0.313 e. The van der Waals surface area contributed by atoms with Crippen LogP contribution in [0.2, 0.25) is 0 Å². The molecule has 33 heavy (non-hydrogen) atoms. The quantitative estimate of drug-likeness (QED) is 0.186. The first-order valence-corrected chi connectivity index (χ1v) is 12.2. The molecule has 0 saturated carbocycles. The molecule has 4 nitrogen and oxygen atoms in total. The second-order valence-corrected chi connectivity index (χ2v) is 8.56. The number of thiol groups is 2. The van der Waals surface area contributed by atoms with Gasteiger partial charge in [0.2, 0.25) is 0 Å². The third kappa shape index (κ3) is 12.3. The van der Waals surface area contributed by atoms with Gasteiger partial charge in [-0.05, 0) is 0 Å². The van der Waals surface area contributed by atoms with E-state index in [0.29, 0.717) is 0 Å². The van der Waals surface area contributed by atoms with Gasteiger partial charge in [-0.2, -0.15) is 80.9 Å². The first-order valence-electron chi connectivity index (χ1n) is 11.0. The van der Waals surface area contributed by atoms with Gasteiger partial charge in [0.1, 0.15) is 0 Å². The number of aliphatic hydroxyl groups excluding tert-OH is 1. The van der Waals surface area contributed by atoms with Gasteiger partial charge in [-0.3, -0.25) is 4.79 Å². The van der Waals surface area contributed by atoms with Crippen LogP contribution < -0.4 is 0 Å². The molecule has 0 spiro atoms. The standard InChI is InChI=1S/2C11H17.C2H6O2S.C2H4O2S.Zr/c2*1-6-11-9(4)7(2)8(3)10(11)5;2*3-2(4)1-5;/h2*6H2,1-5H3;2-5H,1H2;5H,1H2,(H,3,4);/q2*-1;;;. The van der Waals surface area contributed by atoms with Gasteiger partial charge in [-0.15, -0.1) is 0 Å². The molecule has 0 aromatic heterocycles. The van der Waals surface area contributed by atoms with Crippen LogP contribution in [-0.2, 0) is 43.8 Å². The molecule has 190 valence electrons. The number of carboxylic acid groups (broad SMARTS) is 1. The second kappa shape index (κ2) is 18.9.